The van der Waals surface area contributed by atoms with Gasteiger partial charge in [0.1, 0.15) is 5.82 Å². The Bertz CT molecular complexity index is 553. The molecule has 0 bridgehead atoms. The van der Waals surface area contributed by atoms with Gasteiger partial charge in [0.05, 0.1) is 0 Å². The third kappa shape index (κ3) is 4.06. The molecule has 0 saturated heterocycles. The van der Waals surface area contributed by atoms with Crippen LogP contribution in [0.5, 0.6) is 0 Å². The topological polar surface area (TPSA) is 12.0 Å². The maximum absolute atomic E-state index is 13.6. The third-order valence-corrected chi connectivity index (χ3v) is 3.64. The van der Waals surface area contributed by atoms with E-state index >= 15 is 0 Å². The van der Waals surface area contributed by atoms with E-state index in [2.05, 4.69) is 19.2 Å². The smallest absolute Gasteiger partial charge is 0.126 e. The molecule has 0 amide bonds. The first-order valence-corrected chi connectivity index (χ1v) is 7.19. The van der Waals surface area contributed by atoms with Crippen molar-refractivity contribution in [1.82, 2.24) is 5.32 Å². The molecule has 106 valence electrons. The Labute approximate surface area is 124 Å². The highest BCUT2D eigenvalue weighted by Crippen LogP contribution is 2.17. The Balaban J connectivity index is 1.96. The van der Waals surface area contributed by atoms with Gasteiger partial charge in [-0.1, -0.05) is 41.9 Å². The monoisotopic (exact) mass is 291 g/mol. The van der Waals surface area contributed by atoms with Crippen molar-refractivity contribution >= 4 is 11.6 Å². The minimum atomic E-state index is -0.139. The molecule has 0 aliphatic heterocycles. The molecule has 0 aliphatic carbocycles. The first kappa shape index (κ1) is 15.0. The van der Waals surface area contributed by atoms with E-state index in [4.69, 9.17) is 11.6 Å². The Kier molecular flexibility index (Phi) is 5.16. The number of rotatable bonds is 5. The molecule has 0 aromatic heterocycles. The van der Waals surface area contributed by atoms with Gasteiger partial charge in [0.25, 0.3) is 0 Å². The lowest BCUT2D eigenvalue weighted by atomic mass is 10.0. The zero-order valence-electron chi connectivity index (χ0n) is 11.7. The van der Waals surface area contributed by atoms with Gasteiger partial charge in [0.15, 0.2) is 0 Å². The summed E-state index contributed by atoms with van der Waals surface area (Å²) in [4.78, 5) is 0. The van der Waals surface area contributed by atoms with Crippen LogP contribution < -0.4 is 5.32 Å². The normalized spacial score (nSPS) is 14.0. The van der Waals surface area contributed by atoms with Gasteiger partial charge in [-0.2, -0.15) is 0 Å². The van der Waals surface area contributed by atoms with E-state index in [0.717, 1.165) is 10.6 Å². The van der Waals surface area contributed by atoms with Crippen molar-refractivity contribution in [3.05, 3.63) is 70.5 Å². The van der Waals surface area contributed by atoms with Crippen LogP contribution in [-0.4, -0.2) is 6.04 Å². The minimum absolute atomic E-state index is 0.139. The van der Waals surface area contributed by atoms with E-state index < -0.39 is 0 Å². The number of nitrogens with one attached hydrogen (secondary N) is 1. The average Bonchev–Trinajstić information content (AvgIpc) is 2.42. The van der Waals surface area contributed by atoms with Gasteiger partial charge in [0.2, 0.25) is 0 Å². The zero-order valence-corrected chi connectivity index (χ0v) is 12.5. The predicted octanol–water partition coefficient (Wildman–Crippen LogP) is 4.76. The van der Waals surface area contributed by atoms with E-state index in [1.807, 2.05) is 36.4 Å². The summed E-state index contributed by atoms with van der Waals surface area (Å²) in [6, 6.07) is 15.1. The fourth-order valence-corrected chi connectivity index (χ4v) is 2.45. The van der Waals surface area contributed by atoms with Gasteiger partial charge in [-0.3, -0.25) is 0 Å². The molecule has 1 N–H and O–H groups in total. The van der Waals surface area contributed by atoms with Gasteiger partial charge in [-0.15, -0.1) is 0 Å². The van der Waals surface area contributed by atoms with E-state index in [-0.39, 0.29) is 17.9 Å². The Morgan fingerprint density at radius 3 is 2.35 bits per heavy atom. The maximum Gasteiger partial charge on any atom is 0.126 e. The van der Waals surface area contributed by atoms with Crippen LogP contribution in [0.2, 0.25) is 5.02 Å². The van der Waals surface area contributed by atoms with Crippen LogP contribution in [0, 0.1) is 5.82 Å². The lowest BCUT2D eigenvalue weighted by molar-refractivity contribution is 0.469. The number of halogens is 2. The molecule has 0 spiro atoms. The highest BCUT2D eigenvalue weighted by atomic mass is 35.5. The van der Waals surface area contributed by atoms with Crippen LogP contribution in [0.3, 0.4) is 0 Å². The summed E-state index contributed by atoms with van der Waals surface area (Å²) in [6.07, 6.45) is 0.671. The van der Waals surface area contributed by atoms with Crippen molar-refractivity contribution in [2.24, 2.45) is 0 Å². The largest absolute Gasteiger partial charge is 0.307 e. The van der Waals surface area contributed by atoms with E-state index in [1.54, 1.807) is 6.07 Å². The van der Waals surface area contributed by atoms with Crippen molar-refractivity contribution in [3.8, 4) is 0 Å². The van der Waals surface area contributed by atoms with Gasteiger partial charge < -0.3 is 5.32 Å². The van der Waals surface area contributed by atoms with E-state index in [0.29, 0.717) is 6.42 Å². The Morgan fingerprint density at radius 2 is 1.70 bits per heavy atom. The molecule has 0 radical (unpaired) electrons. The van der Waals surface area contributed by atoms with Gasteiger partial charge in [0, 0.05) is 17.1 Å². The summed E-state index contributed by atoms with van der Waals surface area (Å²) in [7, 11) is 0. The number of hydrogen-bond donors (Lipinski definition) is 1. The predicted molar refractivity (Wildman–Crippen MR) is 82.6 cm³/mol. The van der Waals surface area contributed by atoms with Crippen molar-refractivity contribution in [2.45, 2.75) is 32.4 Å². The number of benzene rings is 2. The maximum atomic E-state index is 13.6. The van der Waals surface area contributed by atoms with Crippen LogP contribution in [0.1, 0.15) is 31.0 Å². The molecule has 0 saturated carbocycles. The summed E-state index contributed by atoms with van der Waals surface area (Å²) in [5, 5.41) is 4.22. The quantitative estimate of drug-likeness (QED) is 0.837. The fourth-order valence-electron chi connectivity index (χ4n) is 2.33. The lowest BCUT2D eigenvalue weighted by Gasteiger charge is -2.20. The van der Waals surface area contributed by atoms with Crippen molar-refractivity contribution < 1.29 is 4.39 Å². The molecule has 3 heteroatoms. The van der Waals surface area contributed by atoms with Crippen LogP contribution >= 0.6 is 11.6 Å². The summed E-state index contributed by atoms with van der Waals surface area (Å²) in [5.74, 6) is -0.139. The highest BCUT2D eigenvalue weighted by molar-refractivity contribution is 6.30. The van der Waals surface area contributed by atoms with Gasteiger partial charge in [-0.05, 0) is 49.6 Å². The first-order valence-electron chi connectivity index (χ1n) is 6.81. The molecule has 2 aromatic rings. The molecule has 2 atom stereocenters. The van der Waals surface area contributed by atoms with Crippen LogP contribution in [-0.2, 0) is 6.42 Å². The summed E-state index contributed by atoms with van der Waals surface area (Å²) in [5.41, 5.74) is 1.92. The molecule has 20 heavy (non-hydrogen) atoms. The molecule has 0 fully saturated rings. The standard InChI is InChI=1S/C17H19ClFN/c1-12(11-15-5-3-4-6-17(15)19)20-13(2)14-7-9-16(18)10-8-14/h3-10,12-13,20H,11H2,1-2H3. The summed E-state index contributed by atoms with van der Waals surface area (Å²) in [6.45, 7) is 4.17. The van der Waals surface area contributed by atoms with E-state index in [9.17, 15) is 4.39 Å². The second kappa shape index (κ2) is 6.87. The highest BCUT2D eigenvalue weighted by Gasteiger charge is 2.11. The molecule has 2 rings (SSSR count). The minimum Gasteiger partial charge on any atom is -0.307 e. The molecular formula is C17H19ClFN. The second-order valence-corrected chi connectivity index (χ2v) is 5.57. The van der Waals surface area contributed by atoms with Gasteiger partial charge >= 0.3 is 0 Å². The van der Waals surface area contributed by atoms with Gasteiger partial charge in [-0.25, -0.2) is 4.39 Å². The number of hydrogen-bond acceptors (Lipinski definition) is 1. The first-order chi connectivity index (χ1) is 9.56. The molecule has 2 unspecified atom stereocenters. The fraction of sp³-hybridized carbons (Fsp3) is 0.294. The second-order valence-electron chi connectivity index (χ2n) is 5.14. The van der Waals surface area contributed by atoms with Crippen LogP contribution in [0.25, 0.3) is 0 Å². The SMILES string of the molecule is CC(Cc1ccccc1F)NC(C)c1ccc(Cl)cc1. The van der Waals surface area contributed by atoms with Crippen LogP contribution in [0.15, 0.2) is 48.5 Å². The molecule has 1 nitrogen and oxygen atoms in total. The molecular weight excluding hydrogens is 273 g/mol. The van der Waals surface area contributed by atoms with E-state index in [1.165, 1.54) is 11.6 Å². The lowest BCUT2D eigenvalue weighted by Crippen LogP contribution is -2.31. The van der Waals surface area contributed by atoms with Crippen LogP contribution in [0.4, 0.5) is 4.39 Å². The Hall–Kier alpha value is -1.38. The average molecular weight is 292 g/mol. The molecule has 2 aromatic carbocycles. The van der Waals surface area contributed by atoms with Crippen molar-refractivity contribution in [3.63, 3.8) is 0 Å². The third-order valence-electron chi connectivity index (χ3n) is 3.39. The molecule has 0 aliphatic rings. The zero-order chi connectivity index (χ0) is 14.5. The molecule has 0 heterocycles. The summed E-state index contributed by atoms with van der Waals surface area (Å²) < 4.78 is 13.6. The van der Waals surface area contributed by atoms with Crippen molar-refractivity contribution in [2.75, 3.05) is 0 Å². The summed E-state index contributed by atoms with van der Waals surface area (Å²) >= 11 is 5.88. The van der Waals surface area contributed by atoms with Crippen molar-refractivity contribution in [1.29, 1.82) is 0 Å². The Morgan fingerprint density at radius 1 is 1.05 bits per heavy atom.